The molecule has 2 aromatic rings. The molecule has 188 valence electrons. The van der Waals surface area contributed by atoms with Crippen molar-refractivity contribution >= 4 is 17.7 Å². The number of anilines is 1. The maximum atomic E-state index is 13.5. The Morgan fingerprint density at radius 2 is 1.74 bits per heavy atom. The number of hydrogen-bond donors (Lipinski definition) is 1. The van der Waals surface area contributed by atoms with Crippen molar-refractivity contribution in [2.75, 3.05) is 24.5 Å². The fraction of sp³-hybridized carbons (Fsp3) is 0.516. The molecule has 1 aliphatic heterocycles. The van der Waals surface area contributed by atoms with Crippen molar-refractivity contribution in [3.63, 3.8) is 0 Å². The first-order valence-corrected chi connectivity index (χ1v) is 13.5. The predicted molar refractivity (Wildman–Crippen MR) is 146 cm³/mol. The molecule has 1 heterocycles. The number of piperidine rings is 1. The predicted octanol–water partition coefficient (Wildman–Crippen LogP) is 6.56. The second kappa shape index (κ2) is 11.0. The number of benzene rings is 2. The Labute approximate surface area is 211 Å². The molecular weight excluding hydrogens is 432 g/mol. The van der Waals surface area contributed by atoms with E-state index < -0.39 is 5.60 Å². The number of hydrogen-bond acceptors (Lipinski definition) is 3. The molecular formula is C31H42N2O2. The van der Waals surface area contributed by atoms with Gasteiger partial charge in [-0.05, 0) is 73.9 Å². The van der Waals surface area contributed by atoms with Crippen molar-refractivity contribution in [2.45, 2.75) is 77.4 Å². The minimum absolute atomic E-state index is 0.0309. The van der Waals surface area contributed by atoms with Gasteiger partial charge < -0.3 is 14.9 Å². The van der Waals surface area contributed by atoms with Crippen LogP contribution < -0.4 is 4.90 Å². The topological polar surface area (TPSA) is 43.8 Å². The van der Waals surface area contributed by atoms with Gasteiger partial charge in [0.15, 0.2) is 0 Å². The third-order valence-electron chi connectivity index (χ3n) is 8.24. The third kappa shape index (κ3) is 5.48. The van der Waals surface area contributed by atoms with Gasteiger partial charge >= 0.3 is 0 Å². The lowest BCUT2D eigenvalue weighted by molar-refractivity contribution is -0.150. The number of carbonyl (C=O) groups excluding carboxylic acids is 1. The summed E-state index contributed by atoms with van der Waals surface area (Å²) >= 11 is 0. The van der Waals surface area contributed by atoms with E-state index in [0.717, 1.165) is 49.9 Å². The number of rotatable bonds is 7. The molecule has 0 radical (unpaired) electrons. The Hall–Kier alpha value is -2.59. The molecule has 3 atom stereocenters. The second-order valence-electron chi connectivity index (χ2n) is 10.6. The van der Waals surface area contributed by atoms with Gasteiger partial charge in [0.25, 0.3) is 0 Å². The lowest BCUT2D eigenvalue weighted by Crippen LogP contribution is -2.56. The Kier molecular flexibility index (Phi) is 8.01. The van der Waals surface area contributed by atoms with Gasteiger partial charge in [-0.3, -0.25) is 4.79 Å². The van der Waals surface area contributed by atoms with E-state index in [1.165, 1.54) is 11.3 Å². The Bertz CT molecular complexity index is 1010. The highest BCUT2D eigenvalue weighted by Crippen LogP contribution is 2.49. The molecule has 1 saturated carbocycles. The summed E-state index contributed by atoms with van der Waals surface area (Å²) in [5.41, 5.74) is 4.00. The summed E-state index contributed by atoms with van der Waals surface area (Å²) in [6, 6.07) is 17.0. The number of nitrogens with zero attached hydrogens (tertiary/aromatic N) is 2. The van der Waals surface area contributed by atoms with Gasteiger partial charge in [0.1, 0.15) is 0 Å². The molecule has 2 aliphatic rings. The Morgan fingerprint density at radius 1 is 1.06 bits per heavy atom. The van der Waals surface area contributed by atoms with Crippen LogP contribution >= 0.6 is 0 Å². The summed E-state index contributed by atoms with van der Waals surface area (Å²) in [5, 5.41) is 11.6. The zero-order valence-corrected chi connectivity index (χ0v) is 21.9. The smallest absolute Gasteiger partial charge is 0.247 e. The highest BCUT2D eigenvalue weighted by Gasteiger charge is 2.49. The normalized spacial score (nSPS) is 24.6. The molecule has 35 heavy (non-hydrogen) atoms. The number of fused-ring (bicyclic) bond motifs is 1. The molecule has 1 N–H and O–H groups in total. The van der Waals surface area contributed by atoms with E-state index in [1.807, 2.05) is 11.0 Å². The zero-order valence-electron chi connectivity index (χ0n) is 21.9. The molecule has 0 bridgehead atoms. The highest BCUT2D eigenvalue weighted by atomic mass is 16.3. The van der Waals surface area contributed by atoms with Crippen LogP contribution in [0, 0.1) is 5.92 Å². The van der Waals surface area contributed by atoms with Gasteiger partial charge in [-0.1, -0.05) is 63.1 Å². The molecule has 0 spiro atoms. The lowest BCUT2D eigenvalue weighted by Gasteiger charge is -2.52. The van der Waals surface area contributed by atoms with Crippen molar-refractivity contribution < 1.29 is 9.90 Å². The van der Waals surface area contributed by atoms with E-state index in [2.05, 4.69) is 81.1 Å². The SMILES string of the molecule is CCN(CC)c1ccc([C@H]2[C@@H]3CCCC[C@@]3(O)CCN2C(=O)/C=C/c2ccc(C(C)C)cc2)cc1. The van der Waals surface area contributed by atoms with E-state index >= 15 is 0 Å². The molecule has 2 aromatic carbocycles. The zero-order chi connectivity index (χ0) is 25.0. The van der Waals surface area contributed by atoms with E-state index in [-0.39, 0.29) is 17.9 Å². The molecule has 4 nitrogen and oxygen atoms in total. The second-order valence-corrected chi connectivity index (χ2v) is 10.6. The summed E-state index contributed by atoms with van der Waals surface area (Å²) in [4.78, 5) is 17.9. The molecule has 4 rings (SSSR count). The quantitative estimate of drug-likeness (QED) is 0.462. The molecule has 0 unspecified atom stereocenters. The van der Waals surface area contributed by atoms with Crippen LogP contribution in [0.4, 0.5) is 5.69 Å². The van der Waals surface area contributed by atoms with E-state index in [4.69, 9.17) is 0 Å². The first-order chi connectivity index (χ1) is 16.9. The van der Waals surface area contributed by atoms with Crippen LogP contribution in [0.5, 0.6) is 0 Å². The minimum atomic E-state index is -0.673. The minimum Gasteiger partial charge on any atom is -0.389 e. The summed E-state index contributed by atoms with van der Waals surface area (Å²) in [7, 11) is 0. The monoisotopic (exact) mass is 474 g/mol. The van der Waals surface area contributed by atoms with Gasteiger partial charge in [0.2, 0.25) is 5.91 Å². The van der Waals surface area contributed by atoms with Crippen molar-refractivity contribution in [3.05, 3.63) is 71.3 Å². The number of amides is 1. The lowest BCUT2D eigenvalue weighted by atomic mass is 9.66. The largest absolute Gasteiger partial charge is 0.389 e. The van der Waals surface area contributed by atoms with E-state index in [0.29, 0.717) is 18.9 Å². The summed E-state index contributed by atoms with van der Waals surface area (Å²) in [6.45, 7) is 11.2. The van der Waals surface area contributed by atoms with Crippen molar-refractivity contribution in [2.24, 2.45) is 5.92 Å². The summed E-state index contributed by atoms with van der Waals surface area (Å²) < 4.78 is 0. The van der Waals surface area contributed by atoms with Crippen LogP contribution in [0.2, 0.25) is 0 Å². The highest BCUT2D eigenvalue weighted by molar-refractivity contribution is 5.92. The molecule has 1 aliphatic carbocycles. The first kappa shape index (κ1) is 25.5. The van der Waals surface area contributed by atoms with Gasteiger partial charge in [-0.25, -0.2) is 0 Å². The maximum absolute atomic E-state index is 13.5. The maximum Gasteiger partial charge on any atom is 0.247 e. The van der Waals surface area contributed by atoms with Crippen molar-refractivity contribution in [3.8, 4) is 0 Å². The molecule has 1 amide bonds. The fourth-order valence-electron chi connectivity index (χ4n) is 6.07. The number of aliphatic hydroxyl groups is 1. The number of likely N-dealkylation sites (tertiary alicyclic amines) is 1. The standard InChI is InChI=1S/C31H42N2O2/c1-5-32(6-2)27-17-15-26(16-18-27)30-28-9-7-8-20-31(28,35)21-22-33(30)29(34)19-12-24-10-13-25(14-11-24)23(3)4/h10-19,23,28,30,35H,5-9,20-22H2,1-4H3/b19-12+/t28-,30-,31+/m0/s1. The average Bonchev–Trinajstić information content (AvgIpc) is 2.87. The molecule has 2 fully saturated rings. The van der Waals surface area contributed by atoms with Gasteiger partial charge in [-0.15, -0.1) is 0 Å². The van der Waals surface area contributed by atoms with Gasteiger partial charge in [0.05, 0.1) is 11.6 Å². The molecule has 4 heteroatoms. The van der Waals surface area contributed by atoms with Crippen LogP contribution in [-0.2, 0) is 4.79 Å². The van der Waals surface area contributed by atoms with E-state index in [1.54, 1.807) is 6.08 Å². The summed E-state index contributed by atoms with van der Waals surface area (Å²) in [6.07, 6.45) is 8.29. The van der Waals surface area contributed by atoms with Crippen LogP contribution in [0.1, 0.15) is 88.4 Å². The average molecular weight is 475 g/mol. The van der Waals surface area contributed by atoms with Crippen molar-refractivity contribution in [1.82, 2.24) is 4.90 Å². The van der Waals surface area contributed by atoms with Crippen molar-refractivity contribution in [1.29, 1.82) is 0 Å². The third-order valence-corrected chi connectivity index (χ3v) is 8.24. The first-order valence-electron chi connectivity index (χ1n) is 13.5. The van der Waals surface area contributed by atoms with Crippen LogP contribution in [0.3, 0.4) is 0 Å². The molecule has 1 saturated heterocycles. The van der Waals surface area contributed by atoms with E-state index in [9.17, 15) is 9.90 Å². The van der Waals surface area contributed by atoms with Crippen LogP contribution in [0.15, 0.2) is 54.6 Å². The number of carbonyl (C=O) groups is 1. The summed E-state index contributed by atoms with van der Waals surface area (Å²) in [5.74, 6) is 0.599. The molecule has 0 aromatic heterocycles. The Morgan fingerprint density at radius 3 is 2.37 bits per heavy atom. The fourth-order valence-corrected chi connectivity index (χ4v) is 6.07. The van der Waals surface area contributed by atoms with Crippen LogP contribution in [-0.4, -0.2) is 41.1 Å². The Balaban J connectivity index is 1.61. The van der Waals surface area contributed by atoms with Crippen LogP contribution in [0.25, 0.3) is 6.08 Å². The van der Waals surface area contributed by atoms with Gasteiger partial charge in [-0.2, -0.15) is 0 Å². The van der Waals surface area contributed by atoms with Gasteiger partial charge in [0, 0.05) is 37.3 Å².